The Hall–Kier alpha value is 0.0700. The summed E-state index contributed by atoms with van der Waals surface area (Å²) < 4.78 is 14.4. The molecular weight excluding hydrogens is 157 g/mol. The Labute approximate surface area is 59.2 Å². The molecule has 62 valence electrons. The second kappa shape index (κ2) is 3.46. The number of hydrogen-bond donors (Lipinski definition) is 3. The van der Waals surface area contributed by atoms with E-state index in [2.05, 4.69) is 4.52 Å². The van der Waals surface area contributed by atoms with Gasteiger partial charge in [0, 0.05) is 0 Å². The Bertz CT molecular complexity index is 140. The smallest absolute Gasteiger partial charge is 0.344 e. The maximum atomic E-state index is 10.1. The fourth-order valence-electron chi connectivity index (χ4n) is 0.670. The van der Waals surface area contributed by atoms with Crippen LogP contribution >= 0.6 is 7.82 Å². The minimum absolute atomic E-state index is 0. The Kier molecular flexibility index (Phi) is 3.48. The Balaban J connectivity index is 0.000000810. The molecule has 1 aliphatic rings. The molecule has 0 unspecified atom stereocenters. The van der Waals surface area contributed by atoms with Crippen molar-refractivity contribution in [3.05, 3.63) is 0 Å². The van der Waals surface area contributed by atoms with E-state index in [4.69, 9.17) is 9.79 Å². The Morgan fingerprint density at radius 2 is 1.90 bits per heavy atom. The summed E-state index contributed by atoms with van der Waals surface area (Å²) in [6, 6.07) is 0. The van der Waals surface area contributed by atoms with Crippen LogP contribution in [0.15, 0.2) is 0 Å². The van der Waals surface area contributed by atoms with Gasteiger partial charge in [-0.05, 0) is 19.3 Å². The van der Waals surface area contributed by atoms with E-state index in [0.717, 1.165) is 19.3 Å². The van der Waals surface area contributed by atoms with Crippen LogP contribution in [-0.2, 0) is 9.09 Å². The van der Waals surface area contributed by atoms with Gasteiger partial charge in [-0.2, -0.15) is 0 Å². The van der Waals surface area contributed by atoms with Crippen molar-refractivity contribution in [1.82, 2.24) is 6.15 Å². The number of rotatable bonds is 2. The Morgan fingerprint density at radius 3 is 2.00 bits per heavy atom. The Morgan fingerprint density at radius 1 is 1.40 bits per heavy atom. The summed E-state index contributed by atoms with van der Waals surface area (Å²) in [5.41, 5.74) is 0. The highest BCUT2D eigenvalue weighted by atomic mass is 31.2. The van der Waals surface area contributed by atoms with Gasteiger partial charge >= 0.3 is 7.82 Å². The third-order valence-corrected chi connectivity index (χ3v) is 1.91. The molecule has 5 N–H and O–H groups in total. The third kappa shape index (κ3) is 3.29. The molecule has 0 aromatic rings. The molecule has 0 aromatic carbocycles. The van der Waals surface area contributed by atoms with Crippen LogP contribution in [0.25, 0.3) is 0 Å². The number of phosphoric acid groups is 1. The molecule has 0 bridgehead atoms. The lowest BCUT2D eigenvalue weighted by Gasteiger charge is -2.24. The summed E-state index contributed by atoms with van der Waals surface area (Å²) in [5.74, 6) is 0. The highest BCUT2D eigenvalue weighted by Gasteiger charge is 2.26. The van der Waals surface area contributed by atoms with Gasteiger partial charge in [-0.15, -0.1) is 0 Å². The molecule has 0 saturated heterocycles. The van der Waals surface area contributed by atoms with Crippen molar-refractivity contribution in [3.8, 4) is 0 Å². The summed E-state index contributed by atoms with van der Waals surface area (Å²) in [6.45, 7) is 0. The van der Waals surface area contributed by atoms with Crippen molar-refractivity contribution in [2.45, 2.75) is 25.4 Å². The van der Waals surface area contributed by atoms with Crippen LogP contribution in [0.4, 0.5) is 0 Å². The van der Waals surface area contributed by atoms with Crippen LogP contribution in [-0.4, -0.2) is 15.9 Å². The van der Waals surface area contributed by atoms with Gasteiger partial charge in [-0.1, -0.05) is 0 Å². The average molecular weight is 169 g/mol. The van der Waals surface area contributed by atoms with Gasteiger partial charge in [0.1, 0.15) is 0 Å². The lowest BCUT2D eigenvalue weighted by molar-refractivity contribution is 0.0779. The minimum atomic E-state index is -4.19. The number of hydrogen-bond acceptors (Lipinski definition) is 3. The summed E-state index contributed by atoms with van der Waals surface area (Å²) in [5, 5.41) is 0. The first-order valence-electron chi connectivity index (χ1n) is 2.82. The lowest BCUT2D eigenvalue weighted by atomic mass is 9.97. The molecule has 1 aliphatic carbocycles. The van der Waals surface area contributed by atoms with Crippen molar-refractivity contribution >= 4 is 7.82 Å². The molecule has 1 rings (SSSR count). The van der Waals surface area contributed by atoms with Gasteiger partial charge in [0.05, 0.1) is 6.10 Å². The molecule has 0 radical (unpaired) electrons. The number of phosphoric ester groups is 1. The first kappa shape index (κ1) is 10.1. The molecule has 6 heteroatoms. The van der Waals surface area contributed by atoms with Gasteiger partial charge in [-0.3, -0.25) is 4.52 Å². The molecule has 10 heavy (non-hydrogen) atoms. The largest absolute Gasteiger partial charge is 0.469 e. The van der Waals surface area contributed by atoms with Crippen LogP contribution in [0.5, 0.6) is 0 Å². The van der Waals surface area contributed by atoms with Crippen molar-refractivity contribution in [2.75, 3.05) is 0 Å². The van der Waals surface area contributed by atoms with Gasteiger partial charge in [0.2, 0.25) is 0 Å². The van der Waals surface area contributed by atoms with Gasteiger partial charge in [0.25, 0.3) is 0 Å². The summed E-state index contributed by atoms with van der Waals surface area (Å²) in [4.78, 5) is 16.5. The van der Waals surface area contributed by atoms with Crippen molar-refractivity contribution in [1.29, 1.82) is 0 Å². The minimum Gasteiger partial charge on any atom is -0.344 e. The van der Waals surface area contributed by atoms with E-state index in [0.29, 0.717) is 0 Å². The standard InChI is InChI=1S/C4H9O4P.H3N/c5-9(6,7)8-4-2-1-3-4;/h4H,1-3H2,(H2,5,6,7);1H3. The lowest BCUT2D eigenvalue weighted by Crippen LogP contribution is -2.19. The van der Waals surface area contributed by atoms with Crippen molar-refractivity contribution in [3.63, 3.8) is 0 Å². The second-order valence-corrected chi connectivity index (χ2v) is 3.34. The molecule has 5 nitrogen and oxygen atoms in total. The third-order valence-electron chi connectivity index (χ3n) is 1.34. The highest BCUT2D eigenvalue weighted by Crippen LogP contribution is 2.42. The van der Waals surface area contributed by atoms with E-state index >= 15 is 0 Å². The fourth-order valence-corrected chi connectivity index (χ4v) is 1.27. The molecule has 0 aliphatic heterocycles. The van der Waals surface area contributed by atoms with Crippen LogP contribution in [0.1, 0.15) is 19.3 Å². The second-order valence-electron chi connectivity index (χ2n) is 2.15. The van der Waals surface area contributed by atoms with E-state index in [1.54, 1.807) is 0 Å². The molecule has 0 aromatic heterocycles. The van der Waals surface area contributed by atoms with Crippen LogP contribution < -0.4 is 6.15 Å². The highest BCUT2D eigenvalue weighted by molar-refractivity contribution is 7.46. The predicted molar refractivity (Wildman–Crippen MR) is 35.8 cm³/mol. The molecule has 1 saturated carbocycles. The fraction of sp³-hybridized carbons (Fsp3) is 1.00. The van der Waals surface area contributed by atoms with Crippen LogP contribution in [0.3, 0.4) is 0 Å². The van der Waals surface area contributed by atoms with Gasteiger partial charge in [0.15, 0.2) is 0 Å². The monoisotopic (exact) mass is 169 g/mol. The van der Waals surface area contributed by atoms with E-state index in [1.807, 2.05) is 0 Å². The van der Waals surface area contributed by atoms with E-state index < -0.39 is 7.82 Å². The maximum Gasteiger partial charge on any atom is 0.469 e. The van der Waals surface area contributed by atoms with Crippen LogP contribution in [0.2, 0.25) is 0 Å². The zero-order valence-corrected chi connectivity index (χ0v) is 6.46. The zero-order chi connectivity index (χ0) is 6.91. The quantitative estimate of drug-likeness (QED) is 0.531. The van der Waals surface area contributed by atoms with Gasteiger partial charge < -0.3 is 15.9 Å². The summed E-state index contributed by atoms with van der Waals surface area (Å²) >= 11 is 0. The zero-order valence-electron chi connectivity index (χ0n) is 5.56. The molecular formula is C4H12NO4P. The summed E-state index contributed by atoms with van der Waals surface area (Å²) in [6.07, 6.45) is 2.40. The van der Waals surface area contributed by atoms with Crippen molar-refractivity contribution < 1.29 is 18.9 Å². The normalized spacial score (nSPS) is 19.4. The SMILES string of the molecule is N.O=P(O)(O)OC1CCC1. The van der Waals surface area contributed by atoms with E-state index in [1.165, 1.54) is 0 Å². The van der Waals surface area contributed by atoms with E-state index in [9.17, 15) is 4.57 Å². The molecule has 0 amide bonds. The van der Waals surface area contributed by atoms with Crippen LogP contribution in [0, 0.1) is 0 Å². The topological polar surface area (TPSA) is 102 Å². The van der Waals surface area contributed by atoms with Crippen molar-refractivity contribution in [2.24, 2.45) is 0 Å². The van der Waals surface area contributed by atoms with E-state index in [-0.39, 0.29) is 12.3 Å². The first-order valence-corrected chi connectivity index (χ1v) is 4.35. The molecule has 0 spiro atoms. The first-order chi connectivity index (χ1) is 4.08. The molecule has 0 atom stereocenters. The molecule has 0 heterocycles. The maximum absolute atomic E-state index is 10.1. The molecule has 1 fully saturated rings. The average Bonchev–Trinajstić information content (AvgIpc) is 1.53. The predicted octanol–water partition coefficient (Wildman–Crippen LogP) is 0.810. The summed E-state index contributed by atoms with van der Waals surface area (Å²) in [7, 11) is -4.19. The van der Waals surface area contributed by atoms with Gasteiger partial charge in [-0.25, -0.2) is 4.57 Å².